The second kappa shape index (κ2) is 6.31. The van der Waals surface area contributed by atoms with Crippen molar-refractivity contribution in [1.82, 2.24) is 0 Å². The standard InChI is InChI=1S/C18H15FO5/c1-10(20)23-18-16(21)14-8-5-12(19)9-15(14)24-17(18)11-3-6-13(22-2)7-4-11/h3-9,17-18H,1-2H3. The van der Waals surface area contributed by atoms with Crippen molar-refractivity contribution in [3.05, 3.63) is 59.4 Å². The second-order valence-electron chi connectivity index (χ2n) is 5.35. The molecule has 2 aromatic carbocycles. The number of fused-ring (bicyclic) bond motifs is 1. The van der Waals surface area contributed by atoms with Crippen LogP contribution in [-0.2, 0) is 9.53 Å². The van der Waals surface area contributed by atoms with Crippen molar-refractivity contribution in [2.45, 2.75) is 19.1 Å². The maximum atomic E-state index is 13.5. The number of halogens is 1. The molecule has 6 heteroatoms. The zero-order chi connectivity index (χ0) is 17.3. The summed E-state index contributed by atoms with van der Waals surface area (Å²) in [5.74, 6) is -0.769. The molecule has 2 unspecified atom stereocenters. The highest BCUT2D eigenvalue weighted by Gasteiger charge is 2.40. The van der Waals surface area contributed by atoms with Gasteiger partial charge in [-0.15, -0.1) is 0 Å². The number of ketones is 1. The van der Waals surface area contributed by atoms with E-state index in [1.165, 1.54) is 26.2 Å². The number of carbonyl (C=O) groups is 2. The minimum Gasteiger partial charge on any atom is -0.497 e. The van der Waals surface area contributed by atoms with Crippen LogP contribution in [0.25, 0.3) is 0 Å². The first-order valence-corrected chi connectivity index (χ1v) is 7.31. The molecule has 2 atom stereocenters. The van der Waals surface area contributed by atoms with Gasteiger partial charge in [0, 0.05) is 13.0 Å². The van der Waals surface area contributed by atoms with E-state index < -0.39 is 29.8 Å². The van der Waals surface area contributed by atoms with Crippen LogP contribution in [0.4, 0.5) is 4.39 Å². The van der Waals surface area contributed by atoms with E-state index in [0.717, 1.165) is 6.07 Å². The zero-order valence-electron chi connectivity index (χ0n) is 13.1. The molecule has 5 nitrogen and oxygen atoms in total. The number of Topliss-reactive ketones (excluding diaryl/α,β-unsaturated/α-hetero) is 1. The molecule has 0 aliphatic carbocycles. The molecule has 1 aliphatic heterocycles. The topological polar surface area (TPSA) is 61.8 Å². The third-order valence-corrected chi connectivity index (χ3v) is 3.73. The molecule has 0 bridgehead atoms. The number of methoxy groups -OCH3 is 1. The SMILES string of the molecule is COc1ccc(C2Oc3cc(F)ccc3C(=O)C2OC(C)=O)cc1. The highest BCUT2D eigenvalue weighted by Crippen LogP contribution is 2.37. The lowest BCUT2D eigenvalue weighted by molar-refractivity contribution is -0.148. The molecule has 1 heterocycles. The van der Waals surface area contributed by atoms with Gasteiger partial charge >= 0.3 is 5.97 Å². The molecule has 0 amide bonds. The average molecular weight is 330 g/mol. The minimum atomic E-state index is -1.13. The smallest absolute Gasteiger partial charge is 0.303 e. The van der Waals surface area contributed by atoms with Crippen LogP contribution in [0, 0.1) is 5.82 Å². The van der Waals surface area contributed by atoms with Crippen LogP contribution in [-0.4, -0.2) is 25.0 Å². The van der Waals surface area contributed by atoms with Crippen LogP contribution in [0.3, 0.4) is 0 Å². The van der Waals surface area contributed by atoms with Crippen molar-refractivity contribution in [2.24, 2.45) is 0 Å². The van der Waals surface area contributed by atoms with Gasteiger partial charge in [-0.1, -0.05) is 12.1 Å². The van der Waals surface area contributed by atoms with Gasteiger partial charge in [-0.05, 0) is 29.8 Å². The Morgan fingerprint density at radius 2 is 1.88 bits per heavy atom. The van der Waals surface area contributed by atoms with E-state index in [2.05, 4.69) is 0 Å². The predicted molar refractivity (Wildman–Crippen MR) is 82.6 cm³/mol. The van der Waals surface area contributed by atoms with Crippen LogP contribution in [0.2, 0.25) is 0 Å². The third kappa shape index (κ3) is 2.95. The molecule has 3 rings (SSSR count). The number of esters is 1. The van der Waals surface area contributed by atoms with Crippen LogP contribution < -0.4 is 9.47 Å². The maximum Gasteiger partial charge on any atom is 0.303 e. The summed E-state index contributed by atoms with van der Waals surface area (Å²) < 4.78 is 29.5. The van der Waals surface area contributed by atoms with Crippen LogP contribution in [0.1, 0.15) is 28.9 Å². The highest BCUT2D eigenvalue weighted by atomic mass is 19.1. The van der Waals surface area contributed by atoms with Crippen molar-refractivity contribution in [3.63, 3.8) is 0 Å². The maximum absolute atomic E-state index is 13.5. The Morgan fingerprint density at radius 3 is 2.50 bits per heavy atom. The van der Waals surface area contributed by atoms with Gasteiger partial charge in [-0.25, -0.2) is 4.39 Å². The summed E-state index contributed by atoms with van der Waals surface area (Å²) in [7, 11) is 1.54. The summed E-state index contributed by atoms with van der Waals surface area (Å²) in [4.78, 5) is 24.1. The van der Waals surface area contributed by atoms with Gasteiger partial charge in [0.15, 0.2) is 6.10 Å². The molecule has 2 aromatic rings. The van der Waals surface area contributed by atoms with E-state index in [9.17, 15) is 14.0 Å². The van der Waals surface area contributed by atoms with Crippen LogP contribution in [0.15, 0.2) is 42.5 Å². The number of carbonyl (C=O) groups excluding carboxylic acids is 2. The first kappa shape index (κ1) is 16.0. The van der Waals surface area contributed by atoms with Crippen molar-refractivity contribution in [3.8, 4) is 11.5 Å². The Balaban J connectivity index is 2.03. The molecule has 124 valence electrons. The third-order valence-electron chi connectivity index (χ3n) is 3.73. The molecule has 0 spiro atoms. The number of ether oxygens (including phenoxy) is 3. The molecule has 1 aliphatic rings. The number of hydrogen-bond acceptors (Lipinski definition) is 5. The Bertz CT molecular complexity index is 784. The lowest BCUT2D eigenvalue weighted by atomic mass is 9.93. The molecular weight excluding hydrogens is 315 g/mol. The predicted octanol–water partition coefficient (Wildman–Crippen LogP) is 3.08. The van der Waals surface area contributed by atoms with Crippen LogP contribution >= 0.6 is 0 Å². The van der Waals surface area contributed by atoms with Crippen molar-refractivity contribution < 1.29 is 28.2 Å². The quantitative estimate of drug-likeness (QED) is 0.809. The van der Waals surface area contributed by atoms with Crippen molar-refractivity contribution in [1.29, 1.82) is 0 Å². The highest BCUT2D eigenvalue weighted by molar-refractivity contribution is 6.04. The number of rotatable bonds is 3. The monoisotopic (exact) mass is 330 g/mol. The molecule has 0 radical (unpaired) electrons. The fraction of sp³-hybridized carbons (Fsp3) is 0.222. The summed E-state index contributed by atoms with van der Waals surface area (Å²) in [5.41, 5.74) is 0.803. The Hall–Kier alpha value is -2.89. The van der Waals surface area contributed by atoms with Crippen molar-refractivity contribution in [2.75, 3.05) is 7.11 Å². The Morgan fingerprint density at radius 1 is 1.17 bits per heavy atom. The molecule has 0 saturated carbocycles. The largest absolute Gasteiger partial charge is 0.497 e. The molecular formula is C18H15FO5. The van der Waals surface area contributed by atoms with Gasteiger partial charge in [-0.3, -0.25) is 9.59 Å². The fourth-order valence-corrected chi connectivity index (χ4v) is 2.62. The summed E-state index contributed by atoms with van der Waals surface area (Å²) in [6.45, 7) is 1.22. The van der Waals surface area contributed by atoms with E-state index in [1.54, 1.807) is 24.3 Å². The van der Waals surface area contributed by atoms with Crippen molar-refractivity contribution >= 4 is 11.8 Å². The van der Waals surface area contributed by atoms with E-state index >= 15 is 0 Å². The van der Waals surface area contributed by atoms with E-state index in [0.29, 0.717) is 11.3 Å². The fourth-order valence-electron chi connectivity index (χ4n) is 2.62. The zero-order valence-corrected chi connectivity index (χ0v) is 13.1. The van der Waals surface area contributed by atoms with Gasteiger partial charge in [0.05, 0.1) is 12.7 Å². The first-order valence-electron chi connectivity index (χ1n) is 7.31. The van der Waals surface area contributed by atoms with Crippen LogP contribution in [0.5, 0.6) is 11.5 Å². The number of benzene rings is 2. The molecule has 0 N–H and O–H groups in total. The first-order chi connectivity index (χ1) is 11.5. The van der Waals surface area contributed by atoms with E-state index in [1.807, 2.05) is 0 Å². The average Bonchev–Trinajstić information content (AvgIpc) is 2.57. The molecule has 0 saturated heterocycles. The summed E-state index contributed by atoms with van der Waals surface area (Å²) >= 11 is 0. The lowest BCUT2D eigenvalue weighted by Gasteiger charge is -2.32. The summed E-state index contributed by atoms with van der Waals surface area (Å²) in [6.07, 6.45) is -1.99. The lowest BCUT2D eigenvalue weighted by Crippen LogP contribution is -2.39. The molecule has 24 heavy (non-hydrogen) atoms. The second-order valence-corrected chi connectivity index (χ2v) is 5.35. The summed E-state index contributed by atoms with van der Waals surface area (Å²) in [5, 5.41) is 0. The van der Waals surface area contributed by atoms with Gasteiger partial charge in [-0.2, -0.15) is 0 Å². The van der Waals surface area contributed by atoms with Gasteiger partial charge in [0.25, 0.3) is 0 Å². The normalized spacial score (nSPS) is 19.2. The van der Waals surface area contributed by atoms with E-state index in [-0.39, 0.29) is 11.3 Å². The Kier molecular flexibility index (Phi) is 4.20. The number of hydrogen-bond donors (Lipinski definition) is 0. The molecule has 0 aromatic heterocycles. The summed E-state index contributed by atoms with van der Waals surface area (Å²) in [6, 6.07) is 10.5. The van der Waals surface area contributed by atoms with E-state index in [4.69, 9.17) is 14.2 Å². The van der Waals surface area contributed by atoms with Gasteiger partial charge < -0.3 is 14.2 Å². The Labute approximate surface area is 138 Å². The molecule has 0 fully saturated rings. The van der Waals surface area contributed by atoms with Gasteiger partial charge in [0.1, 0.15) is 17.3 Å². The van der Waals surface area contributed by atoms with Gasteiger partial charge in [0.2, 0.25) is 11.9 Å². The minimum absolute atomic E-state index is 0.129.